The third kappa shape index (κ3) is 4.36. The van der Waals surface area contributed by atoms with Crippen LogP contribution in [-0.2, 0) is 10.0 Å². The van der Waals surface area contributed by atoms with Crippen molar-refractivity contribution in [3.8, 4) is 0 Å². The molecule has 1 rings (SSSR count). The van der Waals surface area contributed by atoms with Crippen LogP contribution < -0.4 is 10.5 Å². The van der Waals surface area contributed by atoms with E-state index in [1.165, 1.54) is 13.0 Å². The molecule has 0 radical (unpaired) electrons. The number of alkyl halides is 3. The molecule has 0 unspecified atom stereocenters. The number of nitrogens with one attached hydrogen (secondary N) is 1. The van der Waals surface area contributed by atoms with Crippen molar-refractivity contribution in [3.63, 3.8) is 0 Å². The van der Waals surface area contributed by atoms with E-state index in [0.717, 1.165) is 6.07 Å². The Morgan fingerprint density at radius 2 is 1.95 bits per heavy atom. The Bertz CT molecular complexity index is 644. The Balaban J connectivity index is 3.15. The van der Waals surface area contributed by atoms with Gasteiger partial charge in [-0.25, -0.2) is 13.6 Å². The normalized spacial score (nSPS) is 12.3. The highest BCUT2D eigenvalue weighted by molar-refractivity contribution is 7.89. The van der Waals surface area contributed by atoms with Crippen LogP contribution in [0.1, 0.15) is 15.9 Å². The molecule has 1 aromatic carbocycles. The molecule has 1 amide bonds. The second-order valence-electron chi connectivity index (χ2n) is 3.95. The summed E-state index contributed by atoms with van der Waals surface area (Å²) in [5, 5.41) is 6.36. The van der Waals surface area contributed by atoms with Gasteiger partial charge in [-0.15, -0.1) is 0 Å². The van der Waals surface area contributed by atoms with Crippen molar-refractivity contribution in [2.24, 2.45) is 5.14 Å². The van der Waals surface area contributed by atoms with Gasteiger partial charge in [-0.2, -0.15) is 13.2 Å². The van der Waals surface area contributed by atoms with Gasteiger partial charge in [0, 0.05) is 5.56 Å². The van der Waals surface area contributed by atoms with E-state index >= 15 is 0 Å². The third-order valence-corrected chi connectivity index (χ3v) is 3.79. The summed E-state index contributed by atoms with van der Waals surface area (Å²) in [6.45, 7) is -0.129. The van der Waals surface area contributed by atoms with Crippen LogP contribution in [-0.4, -0.2) is 27.0 Å². The number of rotatable bonds is 3. The lowest BCUT2D eigenvalue weighted by atomic mass is 10.1. The Labute approximate surface area is 118 Å². The Morgan fingerprint density at radius 3 is 2.40 bits per heavy atom. The Morgan fingerprint density at radius 1 is 1.40 bits per heavy atom. The molecule has 0 aliphatic heterocycles. The average molecular weight is 331 g/mol. The van der Waals surface area contributed by atoms with Gasteiger partial charge in [0.1, 0.15) is 11.4 Å². The van der Waals surface area contributed by atoms with Crippen molar-refractivity contribution in [1.29, 1.82) is 0 Å². The van der Waals surface area contributed by atoms with Gasteiger partial charge in [-0.1, -0.05) is 11.6 Å². The number of carbonyl (C=O) groups is 1. The molecule has 0 aliphatic rings. The number of benzene rings is 1. The number of amides is 1. The van der Waals surface area contributed by atoms with Crippen LogP contribution in [0.3, 0.4) is 0 Å². The summed E-state index contributed by atoms with van der Waals surface area (Å²) < 4.78 is 58.5. The lowest BCUT2D eigenvalue weighted by Crippen LogP contribution is -2.33. The summed E-state index contributed by atoms with van der Waals surface area (Å²) in [5.41, 5.74) is -0.0736. The second-order valence-corrected chi connectivity index (χ2v) is 5.86. The zero-order chi connectivity index (χ0) is 15.7. The fourth-order valence-electron chi connectivity index (χ4n) is 1.36. The number of nitrogens with two attached hydrogens (primary N) is 1. The van der Waals surface area contributed by atoms with Gasteiger partial charge in [0.2, 0.25) is 10.0 Å². The molecule has 0 spiro atoms. The number of sulfonamides is 1. The summed E-state index contributed by atoms with van der Waals surface area (Å²) >= 11 is 5.73. The summed E-state index contributed by atoms with van der Waals surface area (Å²) in [6, 6.07) is 2.00. The highest BCUT2D eigenvalue weighted by Crippen LogP contribution is 2.26. The molecule has 0 fully saturated rings. The predicted octanol–water partition coefficient (Wildman–Crippen LogP) is 1.59. The van der Waals surface area contributed by atoms with Crippen LogP contribution in [0.25, 0.3) is 0 Å². The van der Waals surface area contributed by atoms with Crippen LogP contribution in [0.4, 0.5) is 13.2 Å². The lowest BCUT2D eigenvalue weighted by Gasteiger charge is -2.11. The molecule has 0 heterocycles. The summed E-state index contributed by atoms with van der Waals surface area (Å²) in [4.78, 5) is 11.0. The van der Waals surface area contributed by atoms with E-state index < -0.39 is 33.5 Å². The summed E-state index contributed by atoms with van der Waals surface area (Å²) in [6.07, 6.45) is -4.57. The minimum Gasteiger partial charge on any atom is -0.343 e. The fourth-order valence-corrected chi connectivity index (χ4v) is 2.49. The number of carbonyl (C=O) groups excluding carboxylic acids is 1. The van der Waals surface area contributed by atoms with Crippen molar-refractivity contribution < 1.29 is 26.4 Å². The lowest BCUT2D eigenvalue weighted by molar-refractivity contribution is -0.123. The molecule has 112 valence electrons. The maximum atomic E-state index is 12.0. The number of hydrogen-bond donors (Lipinski definition) is 2. The molecule has 20 heavy (non-hydrogen) atoms. The minimum atomic E-state index is -4.57. The molecule has 0 atom stereocenters. The SMILES string of the molecule is Cc1cc(C(=O)NCC(F)(F)F)cc(S(N)(=O)=O)c1Cl. The molecular weight excluding hydrogens is 321 g/mol. The number of halogens is 4. The van der Waals surface area contributed by atoms with Crippen LogP contribution in [0.15, 0.2) is 17.0 Å². The first-order chi connectivity index (χ1) is 8.92. The highest BCUT2D eigenvalue weighted by atomic mass is 35.5. The smallest absolute Gasteiger partial charge is 0.343 e. The van der Waals surface area contributed by atoms with E-state index in [1.54, 1.807) is 5.32 Å². The third-order valence-electron chi connectivity index (χ3n) is 2.24. The summed E-state index contributed by atoms with van der Waals surface area (Å²) in [5.74, 6) is -1.08. The predicted molar refractivity (Wildman–Crippen MR) is 66.0 cm³/mol. The fraction of sp³-hybridized carbons (Fsp3) is 0.300. The van der Waals surface area contributed by atoms with E-state index in [4.69, 9.17) is 16.7 Å². The van der Waals surface area contributed by atoms with Gasteiger partial charge < -0.3 is 5.32 Å². The molecule has 0 aliphatic carbocycles. The van der Waals surface area contributed by atoms with Gasteiger partial charge >= 0.3 is 6.18 Å². The maximum Gasteiger partial charge on any atom is 0.405 e. The molecule has 10 heteroatoms. The van der Waals surface area contributed by atoms with Crippen molar-refractivity contribution in [1.82, 2.24) is 5.32 Å². The van der Waals surface area contributed by atoms with E-state index in [-0.39, 0.29) is 16.1 Å². The van der Waals surface area contributed by atoms with Gasteiger partial charge in [-0.3, -0.25) is 4.79 Å². The monoisotopic (exact) mass is 330 g/mol. The molecule has 0 aromatic heterocycles. The second kappa shape index (κ2) is 5.58. The van der Waals surface area contributed by atoms with E-state index in [9.17, 15) is 26.4 Å². The van der Waals surface area contributed by atoms with Crippen LogP contribution in [0.5, 0.6) is 0 Å². The molecule has 0 bridgehead atoms. The van der Waals surface area contributed by atoms with Crippen LogP contribution in [0, 0.1) is 6.92 Å². The number of primary sulfonamides is 1. The molecule has 3 N–H and O–H groups in total. The maximum absolute atomic E-state index is 12.0. The highest BCUT2D eigenvalue weighted by Gasteiger charge is 2.28. The molecule has 1 aromatic rings. The zero-order valence-corrected chi connectivity index (χ0v) is 11.7. The topological polar surface area (TPSA) is 89.3 Å². The zero-order valence-electron chi connectivity index (χ0n) is 10.1. The average Bonchev–Trinajstić information content (AvgIpc) is 2.26. The standard InChI is InChI=1S/C10H10ClF3N2O3S/c1-5-2-6(9(17)16-4-10(12,13)14)3-7(8(5)11)20(15,18)19/h2-3H,4H2,1H3,(H,16,17)(H2,15,18,19). The Kier molecular flexibility index (Phi) is 4.67. The van der Waals surface area contributed by atoms with E-state index in [0.29, 0.717) is 0 Å². The van der Waals surface area contributed by atoms with Gasteiger partial charge in [0.15, 0.2) is 0 Å². The summed E-state index contributed by atoms with van der Waals surface area (Å²) in [7, 11) is -4.19. The van der Waals surface area contributed by atoms with Gasteiger partial charge in [0.05, 0.1) is 5.02 Å². The van der Waals surface area contributed by atoms with Crippen molar-refractivity contribution in [3.05, 3.63) is 28.3 Å². The van der Waals surface area contributed by atoms with Crippen LogP contribution >= 0.6 is 11.6 Å². The van der Waals surface area contributed by atoms with Gasteiger partial charge in [-0.05, 0) is 24.6 Å². The van der Waals surface area contributed by atoms with Gasteiger partial charge in [0.25, 0.3) is 5.91 Å². The molecule has 5 nitrogen and oxygen atoms in total. The van der Waals surface area contributed by atoms with Crippen LogP contribution in [0.2, 0.25) is 5.02 Å². The number of hydrogen-bond acceptors (Lipinski definition) is 3. The van der Waals surface area contributed by atoms with Crippen molar-refractivity contribution >= 4 is 27.5 Å². The number of aryl methyl sites for hydroxylation is 1. The largest absolute Gasteiger partial charge is 0.405 e. The quantitative estimate of drug-likeness (QED) is 0.882. The van der Waals surface area contributed by atoms with E-state index in [2.05, 4.69) is 0 Å². The minimum absolute atomic E-state index is 0.181. The van der Waals surface area contributed by atoms with Crippen molar-refractivity contribution in [2.75, 3.05) is 6.54 Å². The Hall–Kier alpha value is -1.32. The molecule has 0 saturated heterocycles. The first-order valence-electron chi connectivity index (χ1n) is 5.10. The first-order valence-corrected chi connectivity index (χ1v) is 7.02. The molecular formula is C10H10ClF3N2O3S. The van der Waals surface area contributed by atoms with Crippen molar-refractivity contribution in [2.45, 2.75) is 18.0 Å². The molecule has 0 saturated carbocycles. The first kappa shape index (κ1) is 16.7. The van der Waals surface area contributed by atoms with E-state index in [1.807, 2.05) is 0 Å².